The van der Waals surface area contributed by atoms with Crippen molar-refractivity contribution in [2.75, 3.05) is 17.3 Å². The third-order valence-electron chi connectivity index (χ3n) is 2.47. The molecule has 0 aliphatic rings. The van der Waals surface area contributed by atoms with Gasteiger partial charge in [0, 0.05) is 30.0 Å². The fourth-order valence-electron chi connectivity index (χ4n) is 1.66. The third-order valence-corrected chi connectivity index (χ3v) is 3.48. The predicted molar refractivity (Wildman–Crippen MR) is 67.1 cm³/mol. The molecule has 0 spiro atoms. The maximum Gasteiger partial charge on any atom is 0.205 e. The first kappa shape index (κ1) is 12.7. The number of alkyl halides is 1. The molecular formula is C10H18ClN3S. The number of hydrogen-bond acceptors (Lipinski definition) is 4. The standard InChI is InChI=1S/C10H18ClN3S/c1-4-9(5-2)14(7-6-11)10-12-8(3)13-15-10/h9H,4-7H2,1-3H3. The maximum atomic E-state index is 5.83. The highest BCUT2D eigenvalue weighted by Crippen LogP contribution is 2.22. The van der Waals surface area contributed by atoms with Crippen molar-refractivity contribution in [1.82, 2.24) is 9.36 Å². The van der Waals surface area contributed by atoms with Crippen molar-refractivity contribution in [1.29, 1.82) is 0 Å². The topological polar surface area (TPSA) is 29.0 Å². The number of halogens is 1. The van der Waals surface area contributed by atoms with Gasteiger partial charge in [0.2, 0.25) is 5.13 Å². The predicted octanol–water partition coefficient (Wildman–Crippen LogP) is 3.08. The van der Waals surface area contributed by atoms with Gasteiger partial charge in [-0.2, -0.15) is 4.37 Å². The van der Waals surface area contributed by atoms with Crippen molar-refractivity contribution in [2.24, 2.45) is 0 Å². The average Bonchev–Trinajstić information content (AvgIpc) is 2.65. The molecule has 0 aliphatic heterocycles. The van der Waals surface area contributed by atoms with Crippen LogP contribution >= 0.6 is 23.1 Å². The van der Waals surface area contributed by atoms with Crippen LogP contribution in [0.2, 0.25) is 0 Å². The molecule has 0 saturated heterocycles. The van der Waals surface area contributed by atoms with Crippen molar-refractivity contribution < 1.29 is 0 Å². The second kappa shape index (κ2) is 6.28. The van der Waals surface area contributed by atoms with Crippen LogP contribution in [0.15, 0.2) is 0 Å². The van der Waals surface area contributed by atoms with Crippen LogP contribution in [0.3, 0.4) is 0 Å². The van der Waals surface area contributed by atoms with E-state index < -0.39 is 0 Å². The van der Waals surface area contributed by atoms with E-state index in [4.69, 9.17) is 11.6 Å². The molecule has 1 aromatic rings. The zero-order valence-electron chi connectivity index (χ0n) is 9.53. The Morgan fingerprint density at radius 2 is 2.07 bits per heavy atom. The summed E-state index contributed by atoms with van der Waals surface area (Å²) in [6.45, 7) is 7.17. The molecule has 0 N–H and O–H groups in total. The Labute approximate surface area is 101 Å². The van der Waals surface area contributed by atoms with Crippen LogP contribution in [0.1, 0.15) is 32.5 Å². The van der Waals surface area contributed by atoms with E-state index in [1.165, 1.54) is 11.5 Å². The van der Waals surface area contributed by atoms with Crippen molar-refractivity contribution in [3.63, 3.8) is 0 Å². The maximum absolute atomic E-state index is 5.83. The van der Waals surface area contributed by atoms with Gasteiger partial charge in [-0.25, -0.2) is 4.98 Å². The largest absolute Gasteiger partial charge is 0.343 e. The van der Waals surface area contributed by atoms with Gasteiger partial charge in [0.15, 0.2) is 0 Å². The lowest BCUT2D eigenvalue weighted by molar-refractivity contribution is 0.566. The molecule has 5 heteroatoms. The first-order chi connectivity index (χ1) is 7.22. The summed E-state index contributed by atoms with van der Waals surface area (Å²) >= 11 is 7.29. The van der Waals surface area contributed by atoms with E-state index in [0.717, 1.165) is 30.3 Å². The fraction of sp³-hybridized carbons (Fsp3) is 0.800. The number of aromatic nitrogens is 2. The van der Waals surface area contributed by atoms with Gasteiger partial charge in [-0.15, -0.1) is 11.6 Å². The van der Waals surface area contributed by atoms with Gasteiger partial charge in [0.1, 0.15) is 5.82 Å². The molecule has 1 aromatic heterocycles. The highest BCUT2D eigenvalue weighted by atomic mass is 35.5. The summed E-state index contributed by atoms with van der Waals surface area (Å²) in [5.41, 5.74) is 0. The van der Waals surface area contributed by atoms with Crippen LogP contribution in [-0.4, -0.2) is 27.8 Å². The summed E-state index contributed by atoms with van der Waals surface area (Å²) in [4.78, 5) is 6.70. The van der Waals surface area contributed by atoms with E-state index in [-0.39, 0.29) is 0 Å². The Balaban J connectivity index is 2.81. The van der Waals surface area contributed by atoms with Gasteiger partial charge in [-0.05, 0) is 19.8 Å². The molecule has 15 heavy (non-hydrogen) atoms. The lowest BCUT2D eigenvalue weighted by Crippen LogP contribution is -2.36. The lowest BCUT2D eigenvalue weighted by atomic mass is 10.1. The number of nitrogens with zero attached hydrogens (tertiary/aromatic N) is 3. The SMILES string of the molecule is CCC(CC)N(CCCl)c1nc(C)ns1. The van der Waals surface area contributed by atoms with Crippen LogP contribution in [0.5, 0.6) is 0 Å². The number of anilines is 1. The molecule has 0 aromatic carbocycles. The van der Waals surface area contributed by atoms with Gasteiger partial charge < -0.3 is 4.90 Å². The molecule has 1 heterocycles. The molecule has 0 amide bonds. The van der Waals surface area contributed by atoms with Crippen molar-refractivity contribution in [3.8, 4) is 0 Å². The molecule has 0 atom stereocenters. The summed E-state index contributed by atoms with van der Waals surface area (Å²) in [5, 5.41) is 1.00. The van der Waals surface area contributed by atoms with Gasteiger partial charge in [-0.3, -0.25) is 0 Å². The normalized spacial score (nSPS) is 11.0. The summed E-state index contributed by atoms with van der Waals surface area (Å²) < 4.78 is 4.22. The minimum atomic E-state index is 0.524. The van der Waals surface area contributed by atoms with E-state index in [1.807, 2.05) is 6.92 Å². The Kier molecular flexibility index (Phi) is 5.32. The molecule has 0 unspecified atom stereocenters. The number of rotatable bonds is 6. The van der Waals surface area contributed by atoms with Crippen LogP contribution < -0.4 is 4.90 Å². The van der Waals surface area contributed by atoms with Gasteiger partial charge in [0.05, 0.1) is 0 Å². The van der Waals surface area contributed by atoms with Crippen molar-refractivity contribution in [3.05, 3.63) is 5.82 Å². The molecule has 3 nitrogen and oxygen atoms in total. The molecule has 0 saturated carbocycles. The van der Waals surface area contributed by atoms with Crippen LogP contribution in [0.4, 0.5) is 5.13 Å². The third kappa shape index (κ3) is 3.31. The summed E-state index contributed by atoms with van der Waals surface area (Å²) in [5.74, 6) is 1.48. The minimum absolute atomic E-state index is 0.524. The van der Waals surface area contributed by atoms with E-state index in [9.17, 15) is 0 Å². The number of aryl methyl sites for hydroxylation is 1. The first-order valence-electron chi connectivity index (χ1n) is 5.35. The fourth-order valence-corrected chi connectivity index (χ4v) is 2.61. The van der Waals surface area contributed by atoms with Crippen LogP contribution in [0, 0.1) is 6.92 Å². The molecule has 86 valence electrons. The van der Waals surface area contributed by atoms with Gasteiger partial charge in [0.25, 0.3) is 0 Å². The summed E-state index contributed by atoms with van der Waals surface area (Å²) in [6, 6.07) is 0.524. The Morgan fingerprint density at radius 3 is 2.47 bits per heavy atom. The molecule has 0 fully saturated rings. The lowest BCUT2D eigenvalue weighted by Gasteiger charge is -2.28. The molecule has 0 radical (unpaired) electrons. The summed E-state index contributed by atoms with van der Waals surface area (Å²) in [6.07, 6.45) is 2.23. The Morgan fingerprint density at radius 1 is 1.40 bits per heavy atom. The monoisotopic (exact) mass is 247 g/mol. The first-order valence-corrected chi connectivity index (χ1v) is 6.66. The molecular weight excluding hydrogens is 230 g/mol. The van der Waals surface area contributed by atoms with E-state index in [0.29, 0.717) is 11.9 Å². The zero-order chi connectivity index (χ0) is 11.3. The van der Waals surface area contributed by atoms with Crippen LogP contribution in [-0.2, 0) is 0 Å². The van der Waals surface area contributed by atoms with Gasteiger partial charge >= 0.3 is 0 Å². The second-order valence-corrected chi connectivity index (χ2v) is 4.59. The van der Waals surface area contributed by atoms with Gasteiger partial charge in [-0.1, -0.05) is 13.8 Å². The van der Waals surface area contributed by atoms with E-state index in [2.05, 4.69) is 28.1 Å². The highest BCUT2D eigenvalue weighted by Gasteiger charge is 2.18. The Bertz CT molecular complexity index is 286. The average molecular weight is 248 g/mol. The van der Waals surface area contributed by atoms with E-state index in [1.54, 1.807) is 0 Å². The van der Waals surface area contributed by atoms with E-state index >= 15 is 0 Å². The quantitative estimate of drug-likeness (QED) is 0.724. The zero-order valence-corrected chi connectivity index (χ0v) is 11.1. The molecule has 0 bridgehead atoms. The highest BCUT2D eigenvalue weighted by molar-refractivity contribution is 7.09. The van der Waals surface area contributed by atoms with Crippen molar-refractivity contribution >= 4 is 28.3 Å². The molecule has 1 rings (SSSR count). The van der Waals surface area contributed by atoms with Crippen molar-refractivity contribution in [2.45, 2.75) is 39.7 Å². The summed E-state index contributed by atoms with van der Waals surface area (Å²) in [7, 11) is 0. The second-order valence-electron chi connectivity index (χ2n) is 3.48. The Hall–Kier alpha value is -0.350. The van der Waals surface area contributed by atoms with Crippen LogP contribution in [0.25, 0.3) is 0 Å². The molecule has 0 aliphatic carbocycles. The number of hydrogen-bond donors (Lipinski definition) is 0. The minimum Gasteiger partial charge on any atom is -0.343 e. The smallest absolute Gasteiger partial charge is 0.205 e.